The molecule has 1 N–H and O–H groups in total. The van der Waals surface area contributed by atoms with E-state index in [1.807, 2.05) is 0 Å². The van der Waals surface area contributed by atoms with Crippen LogP contribution in [0.4, 0.5) is 22.0 Å². The zero-order chi connectivity index (χ0) is 30.0. The zero-order valence-electron chi connectivity index (χ0n) is 22.2. The van der Waals surface area contributed by atoms with Crippen LogP contribution >= 0.6 is 0 Å². The molecule has 0 radical (unpaired) electrons. The van der Waals surface area contributed by atoms with Crippen LogP contribution in [0.5, 0.6) is 11.5 Å². The molecule has 0 saturated carbocycles. The Morgan fingerprint density at radius 1 is 1.02 bits per heavy atom. The number of carbonyl (C=O) groups is 1. The maximum Gasteiger partial charge on any atom is 0.417 e. The van der Waals surface area contributed by atoms with Gasteiger partial charge in [0.1, 0.15) is 11.5 Å². The van der Waals surface area contributed by atoms with Crippen LogP contribution in [0.25, 0.3) is 11.1 Å². The van der Waals surface area contributed by atoms with Gasteiger partial charge >= 0.3 is 11.9 Å². The highest BCUT2D eigenvalue weighted by atomic mass is 19.4. The molecule has 0 aliphatic carbocycles. The first-order chi connectivity index (χ1) is 19.8. The molecule has 3 aromatic carbocycles. The van der Waals surface area contributed by atoms with Crippen LogP contribution in [0.1, 0.15) is 35.2 Å². The van der Waals surface area contributed by atoms with Crippen molar-refractivity contribution in [3.63, 3.8) is 0 Å². The van der Waals surface area contributed by atoms with Crippen LogP contribution in [0.15, 0.2) is 86.0 Å². The summed E-state index contributed by atoms with van der Waals surface area (Å²) in [6.45, 7) is 1.35. The van der Waals surface area contributed by atoms with Crippen LogP contribution in [-0.4, -0.2) is 40.5 Å². The van der Waals surface area contributed by atoms with Crippen molar-refractivity contribution >= 4 is 22.7 Å². The summed E-state index contributed by atoms with van der Waals surface area (Å²) in [6, 6.07) is 13.5. The van der Waals surface area contributed by atoms with E-state index in [1.165, 1.54) is 25.1 Å². The van der Waals surface area contributed by atoms with Crippen molar-refractivity contribution < 1.29 is 35.9 Å². The number of ether oxygens (including phenoxy) is 1. The summed E-state index contributed by atoms with van der Waals surface area (Å²) in [5, 5.41) is 0. The van der Waals surface area contributed by atoms with Crippen molar-refractivity contribution in [1.29, 1.82) is 0 Å². The number of aryl methyl sites for hydroxylation is 1. The highest BCUT2D eigenvalue weighted by Gasteiger charge is 2.47. The van der Waals surface area contributed by atoms with Gasteiger partial charge in [-0.25, -0.2) is 13.6 Å². The van der Waals surface area contributed by atoms with Gasteiger partial charge in [-0.15, -0.1) is 0 Å². The number of halogens is 5. The van der Waals surface area contributed by atoms with Crippen molar-refractivity contribution in [2.45, 2.75) is 32.0 Å². The van der Waals surface area contributed by atoms with E-state index in [2.05, 4.69) is 9.98 Å². The smallest absolute Gasteiger partial charge is 0.417 e. The standard InChI is InChI=1S/C30H22F5N3O4/c1-15-10-17(30(33,34)35)12-19(11-15)41-18-8-6-16(7-9-18)25-23-21(27(39)38(25)14-29(2,31)32)13-36-24(23)20-4-3-5-22-26(20)42-28(40)37-22/h3-12,25H,13-14H2,1-2H3,(H,37,40)/t25-/m0/s1. The van der Waals surface area contributed by atoms with E-state index in [9.17, 15) is 31.5 Å². The first-order valence-electron chi connectivity index (χ1n) is 12.8. The molecular formula is C30H22F5N3O4. The third-order valence-corrected chi connectivity index (χ3v) is 7.04. The number of carbonyl (C=O) groups excluding carboxylic acids is 1. The molecule has 0 spiro atoms. The Morgan fingerprint density at radius 2 is 1.76 bits per heavy atom. The number of para-hydroxylation sites is 1. The zero-order valence-corrected chi connectivity index (χ0v) is 22.2. The maximum absolute atomic E-state index is 14.3. The van der Waals surface area contributed by atoms with Gasteiger partial charge in [0.05, 0.1) is 35.9 Å². The van der Waals surface area contributed by atoms with Gasteiger partial charge in [-0.2, -0.15) is 13.2 Å². The number of hydrogen-bond acceptors (Lipinski definition) is 5. The van der Waals surface area contributed by atoms with Crippen LogP contribution in [0.2, 0.25) is 0 Å². The van der Waals surface area contributed by atoms with E-state index in [0.717, 1.165) is 24.0 Å². The number of benzene rings is 3. The van der Waals surface area contributed by atoms with Gasteiger partial charge in [0.2, 0.25) is 0 Å². The SMILES string of the molecule is Cc1cc(Oc2ccc([C@H]3C4=C(CN=C4c4cccc5[nH]c(=O)oc45)C(=O)N3CC(C)(F)F)cc2)cc(C(F)(F)F)c1. The first-order valence-corrected chi connectivity index (χ1v) is 12.8. The Bertz CT molecular complexity index is 1850. The number of amides is 1. The summed E-state index contributed by atoms with van der Waals surface area (Å²) in [5.74, 6) is -4.28. The average Bonchev–Trinajstić information content (AvgIpc) is 3.56. The number of nitrogens with zero attached hydrogens (tertiary/aromatic N) is 2. The van der Waals surface area contributed by atoms with Gasteiger partial charge < -0.3 is 14.1 Å². The van der Waals surface area contributed by atoms with Gasteiger partial charge in [-0.1, -0.05) is 18.2 Å². The molecule has 2 aliphatic rings. The Hall–Kier alpha value is -4.74. The molecule has 1 amide bonds. The molecule has 0 bridgehead atoms. The lowest BCUT2D eigenvalue weighted by molar-refractivity contribution is -0.137. The molecular weight excluding hydrogens is 561 g/mol. The summed E-state index contributed by atoms with van der Waals surface area (Å²) < 4.78 is 79.4. The molecule has 7 nitrogen and oxygen atoms in total. The average molecular weight is 584 g/mol. The third-order valence-electron chi connectivity index (χ3n) is 7.04. The van der Waals surface area contributed by atoms with Crippen molar-refractivity contribution in [1.82, 2.24) is 9.88 Å². The molecule has 2 aliphatic heterocycles. The minimum absolute atomic E-state index is 0.0188. The largest absolute Gasteiger partial charge is 0.457 e. The molecule has 216 valence electrons. The molecule has 0 unspecified atom stereocenters. The lowest BCUT2D eigenvalue weighted by Gasteiger charge is -2.30. The highest BCUT2D eigenvalue weighted by Crippen LogP contribution is 2.45. The van der Waals surface area contributed by atoms with Crippen molar-refractivity contribution in [3.8, 4) is 11.5 Å². The molecule has 3 heterocycles. The fourth-order valence-electron chi connectivity index (χ4n) is 5.42. The Kier molecular flexibility index (Phi) is 6.32. The summed E-state index contributed by atoms with van der Waals surface area (Å²) in [4.78, 5) is 33.5. The second kappa shape index (κ2) is 9.68. The van der Waals surface area contributed by atoms with Crippen LogP contribution in [0, 0.1) is 6.92 Å². The third kappa shape index (κ3) is 4.97. The van der Waals surface area contributed by atoms with Gasteiger partial charge in [-0.05, 0) is 60.5 Å². The lowest BCUT2D eigenvalue weighted by atomic mass is 9.91. The van der Waals surface area contributed by atoms with E-state index in [-0.39, 0.29) is 29.2 Å². The van der Waals surface area contributed by atoms with E-state index in [4.69, 9.17) is 9.15 Å². The van der Waals surface area contributed by atoms with Crippen LogP contribution in [0.3, 0.4) is 0 Å². The summed E-state index contributed by atoms with van der Waals surface area (Å²) in [7, 11) is 0. The molecule has 1 atom stereocenters. The number of nitrogens with one attached hydrogen (secondary N) is 1. The molecule has 4 aromatic rings. The van der Waals surface area contributed by atoms with E-state index < -0.39 is 41.9 Å². The van der Waals surface area contributed by atoms with E-state index in [1.54, 1.807) is 30.3 Å². The normalized spacial score (nSPS) is 17.3. The number of aromatic nitrogens is 1. The van der Waals surface area contributed by atoms with Crippen LogP contribution < -0.4 is 10.5 Å². The van der Waals surface area contributed by atoms with Gasteiger partial charge in [0.15, 0.2) is 5.58 Å². The van der Waals surface area contributed by atoms with Crippen molar-refractivity contribution in [3.05, 3.63) is 105 Å². The van der Waals surface area contributed by atoms with E-state index in [0.29, 0.717) is 33.5 Å². The monoisotopic (exact) mass is 583 g/mol. The molecule has 6 rings (SSSR count). The fourth-order valence-corrected chi connectivity index (χ4v) is 5.42. The number of oxazole rings is 1. The fraction of sp³-hybridized carbons (Fsp3) is 0.233. The second-order valence-electron chi connectivity index (χ2n) is 10.4. The van der Waals surface area contributed by atoms with Crippen molar-refractivity contribution in [2.24, 2.45) is 4.99 Å². The minimum Gasteiger partial charge on any atom is -0.457 e. The Balaban J connectivity index is 1.38. The predicted molar refractivity (Wildman–Crippen MR) is 143 cm³/mol. The minimum atomic E-state index is -4.55. The molecule has 1 aromatic heterocycles. The van der Waals surface area contributed by atoms with Gasteiger partial charge in [0.25, 0.3) is 11.8 Å². The van der Waals surface area contributed by atoms with E-state index >= 15 is 0 Å². The topological polar surface area (TPSA) is 87.9 Å². The number of H-pyrrole nitrogens is 1. The molecule has 42 heavy (non-hydrogen) atoms. The Morgan fingerprint density at radius 3 is 2.45 bits per heavy atom. The number of rotatable bonds is 6. The molecule has 0 fully saturated rings. The number of alkyl halides is 5. The number of fused-ring (bicyclic) bond motifs is 1. The number of hydrogen-bond donors (Lipinski definition) is 1. The van der Waals surface area contributed by atoms with Crippen LogP contribution in [-0.2, 0) is 11.0 Å². The maximum atomic E-state index is 14.3. The second-order valence-corrected chi connectivity index (χ2v) is 10.4. The predicted octanol–water partition coefficient (Wildman–Crippen LogP) is 6.58. The number of aromatic amines is 1. The quantitative estimate of drug-likeness (QED) is 0.260. The summed E-state index contributed by atoms with van der Waals surface area (Å²) in [6.07, 6.45) is -4.55. The summed E-state index contributed by atoms with van der Waals surface area (Å²) in [5.41, 5.74) is 2.06. The highest BCUT2D eigenvalue weighted by molar-refractivity contribution is 6.25. The van der Waals surface area contributed by atoms with Gasteiger partial charge in [0, 0.05) is 23.6 Å². The number of aliphatic imine (C=N–C) groups is 1. The van der Waals surface area contributed by atoms with Gasteiger partial charge in [-0.3, -0.25) is 14.8 Å². The molecule has 12 heteroatoms. The summed E-state index contributed by atoms with van der Waals surface area (Å²) >= 11 is 0. The first kappa shape index (κ1) is 27.4. The molecule has 0 saturated heterocycles. The Labute approximate surface area is 234 Å². The van der Waals surface area contributed by atoms with Crippen molar-refractivity contribution in [2.75, 3.05) is 13.1 Å². The lowest BCUT2D eigenvalue weighted by Crippen LogP contribution is -2.40.